The average molecular weight is 322 g/mol. The fourth-order valence-electron chi connectivity index (χ4n) is 2.45. The van der Waals surface area contributed by atoms with Crippen LogP contribution in [-0.4, -0.2) is 47.5 Å². The Hall–Kier alpha value is -1.51. The van der Waals surface area contributed by atoms with E-state index in [0.29, 0.717) is 26.2 Å². The molecule has 0 unspecified atom stereocenters. The molecule has 0 aromatic heterocycles. The molecule has 1 saturated heterocycles. The number of rotatable bonds is 4. The van der Waals surface area contributed by atoms with Crippen molar-refractivity contribution in [1.82, 2.24) is 10.2 Å². The van der Waals surface area contributed by atoms with E-state index in [0.717, 1.165) is 12.1 Å². The first-order valence-corrected chi connectivity index (χ1v) is 6.70. The van der Waals surface area contributed by atoms with Gasteiger partial charge in [0.15, 0.2) is 0 Å². The Kier molecular flexibility index (Phi) is 4.92. The van der Waals surface area contributed by atoms with Gasteiger partial charge < -0.3 is 10.4 Å². The summed E-state index contributed by atoms with van der Waals surface area (Å²) in [7, 11) is 0. The highest BCUT2D eigenvalue weighted by Crippen LogP contribution is 2.43. The van der Waals surface area contributed by atoms with Gasteiger partial charge in [0.05, 0.1) is 15.5 Å². The van der Waals surface area contributed by atoms with E-state index in [4.69, 9.17) is 11.6 Å². The number of halogens is 3. The molecule has 116 valence electrons. The van der Waals surface area contributed by atoms with Gasteiger partial charge in [-0.05, 0) is 6.07 Å². The molecular weight excluding hydrogens is 308 g/mol. The maximum Gasteiger partial charge on any atom is 0.278 e. The lowest BCUT2D eigenvalue weighted by atomic mass is 10.0. The zero-order chi connectivity index (χ0) is 15.6. The van der Waals surface area contributed by atoms with Crippen LogP contribution in [0, 0.1) is 10.1 Å². The molecule has 1 heterocycles. The number of benzene rings is 1. The fraction of sp³-hybridized carbons (Fsp3) is 0.500. The summed E-state index contributed by atoms with van der Waals surface area (Å²) in [6.07, 6.45) is -2.88. The van der Waals surface area contributed by atoms with Crippen molar-refractivity contribution in [3.05, 3.63) is 32.8 Å². The normalized spacial score (nSPS) is 17.9. The lowest BCUT2D eigenvalue weighted by molar-refractivity contribution is -0.386. The Bertz CT molecular complexity index is 539. The third-order valence-corrected chi connectivity index (χ3v) is 3.73. The molecule has 6 nitrogen and oxygen atoms in total. The lowest BCUT2D eigenvalue weighted by Crippen LogP contribution is -2.47. The maximum atomic E-state index is 13.5. The number of phenols is 1. The molecule has 21 heavy (non-hydrogen) atoms. The van der Waals surface area contributed by atoms with Crippen LogP contribution in [0.3, 0.4) is 0 Å². The molecule has 0 spiro atoms. The quantitative estimate of drug-likeness (QED) is 0.656. The van der Waals surface area contributed by atoms with Crippen LogP contribution < -0.4 is 5.32 Å². The van der Waals surface area contributed by atoms with E-state index in [1.165, 1.54) is 4.90 Å². The highest BCUT2D eigenvalue weighted by Gasteiger charge is 2.38. The minimum absolute atomic E-state index is 0.184. The van der Waals surface area contributed by atoms with Crippen LogP contribution >= 0.6 is 11.6 Å². The molecule has 9 heteroatoms. The predicted octanol–water partition coefficient (Wildman–Crippen LogP) is 2.17. The summed E-state index contributed by atoms with van der Waals surface area (Å²) in [4.78, 5) is 11.7. The van der Waals surface area contributed by atoms with Crippen molar-refractivity contribution < 1.29 is 18.8 Å². The largest absolute Gasteiger partial charge is 0.506 e. The van der Waals surface area contributed by atoms with Crippen molar-refractivity contribution in [3.63, 3.8) is 0 Å². The smallest absolute Gasteiger partial charge is 0.278 e. The van der Waals surface area contributed by atoms with Gasteiger partial charge in [0, 0.05) is 32.2 Å². The number of alkyl halides is 2. The Labute approximate surface area is 124 Å². The van der Waals surface area contributed by atoms with E-state index >= 15 is 0 Å². The van der Waals surface area contributed by atoms with Crippen LogP contribution in [0.4, 0.5) is 14.5 Å². The van der Waals surface area contributed by atoms with E-state index < -0.39 is 34.4 Å². The molecule has 0 bridgehead atoms. The highest BCUT2D eigenvalue weighted by molar-refractivity contribution is 6.32. The number of hydrogen-bond donors (Lipinski definition) is 2. The minimum Gasteiger partial charge on any atom is -0.506 e. The van der Waals surface area contributed by atoms with Gasteiger partial charge in [0.2, 0.25) is 0 Å². The average Bonchev–Trinajstić information content (AvgIpc) is 2.44. The van der Waals surface area contributed by atoms with Crippen molar-refractivity contribution in [2.45, 2.75) is 12.5 Å². The third-order valence-electron chi connectivity index (χ3n) is 3.42. The number of nitrogens with one attached hydrogen (secondary N) is 1. The number of nitro benzene ring substituents is 1. The highest BCUT2D eigenvalue weighted by atomic mass is 35.5. The van der Waals surface area contributed by atoms with Crippen molar-refractivity contribution in [3.8, 4) is 5.75 Å². The van der Waals surface area contributed by atoms with Gasteiger partial charge in [-0.3, -0.25) is 15.0 Å². The Balaban J connectivity index is 2.53. The number of phenolic OH excluding ortho intramolecular Hbond substituents is 1. The van der Waals surface area contributed by atoms with Crippen LogP contribution in [0.15, 0.2) is 12.1 Å². The van der Waals surface area contributed by atoms with Gasteiger partial charge >= 0.3 is 0 Å². The molecule has 1 aromatic rings. The molecule has 1 aliphatic heterocycles. The van der Waals surface area contributed by atoms with E-state index in [1.54, 1.807) is 0 Å². The van der Waals surface area contributed by atoms with Gasteiger partial charge in [0.1, 0.15) is 11.8 Å². The van der Waals surface area contributed by atoms with Crippen LogP contribution in [0.2, 0.25) is 5.02 Å². The van der Waals surface area contributed by atoms with Gasteiger partial charge in [-0.15, -0.1) is 0 Å². The molecule has 1 fully saturated rings. The second-order valence-electron chi connectivity index (χ2n) is 4.65. The van der Waals surface area contributed by atoms with E-state index in [1.807, 2.05) is 0 Å². The number of hydrogen-bond acceptors (Lipinski definition) is 5. The first-order chi connectivity index (χ1) is 9.93. The van der Waals surface area contributed by atoms with E-state index in [9.17, 15) is 24.0 Å². The number of piperazine rings is 1. The van der Waals surface area contributed by atoms with E-state index in [-0.39, 0.29) is 5.02 Å². The molecule has 2 N–H and O–H groups in total. The van der Waals surface area contributed by atoms with Crippen molar-refractivity contribution in [2.75, 3.05) is 26.2 Å². The second-order valence-corrected chi connectivity index (χ2v) is 5.06. The summed E-state index contributed by atoms with van der Waals surface area (Å²) in [5.41, 5.74) is -0.981. The van der Waals surface area contributed by atoms with Gasteiger partial charge in [-0.2, -0.15) is 0 Å². The summed E-state index contributed by atoms with van der Waals surface area (Å²) >= 11 is 5.73. The number of nitrogens with zero attached hydrogens (tertiary/aromatic N) is 2. The molecule has 2 rings (SSSR count). The Morgan fingerprint density at radius 2 is 2.00 bits per heavy atom. The van der Waals surface area contributed by atoms with Crippen LogP contribution in [0.25, 0.3) is 0 Å². The second kappa shape index (κ2) is 6.50. The molecule has 1 aromatic carbocycles. The van der Waals surface area contributed by atoms with Crippen LogP contribution in [0.1, 0.15) is 11.6 Å². The molecule has 1 atom stereocenters. The third kappa shape index (κ3) is 3.22. The fourth-order valence-corrected chi connectivity index (χ4v) is 2.61. The zero-order valence-electron chi connectivity index (χ0n) is 10.9. The van der Waals surface area contributed by atoms with Crippen molar-refractivity contribution >= 4 is 17.3 Å². The monoisotopic (exact) mass is 321 g/mol. The van der Waals surface area contributed by atoms with Crippen LogP contribution in [0.5, 0.6) is 5.75 Å². The van der Waals surface area contributed by atoms with Gasteiger partial charge in [-0.1, -0.05) is 11.6 Å². The summed E-state index contributed by atoms with van der Waals surface area (Å²) < 4.78 is 27.0. The molecule has 0 saturated carbocycles. The van der Waals surface area contributed by atoms with Crippen molar-refractivity contribution in [1.29, 1.82) is 0 Å². The lowest BCUT2D eigenvalue weighted by Gasteiger charge is -2.34. The molecule has 0 aliphatic carbocycles. The number of nitro groups is 1. The predicted molar refractivity (Wildman–Crippen MR) is 73.0 cm³/mol. The first-order valence-electron chi connectivity index (χ1n) is 6.32. The summed E-state index contributed by atoms with van der Waals surface area (Å²) in [6.45, 7) is 1.60. The van der Waals surface area contributed by atoms with Crippen molar-refractivity contribution in [2.24, 2.45) is 0 Å². The number of aromatic hydroxyl groups is 1. The molecular formula is C12H14ClF2N3O3. The van der Waals surface area contributed by atoms with Gasteiger partial charge in [-0.25, -0.2) is 8.78 Å². The van der Waals surface area contributed by atoms with Gasteiger partial charge in [0.25, 0.3) is 12.1 Å². The molecule has 0 radical (unpaired) electrons. The van der Waals surface area contributed by atoms with E-state index in [2.05, 4.69) is 5.32 Å². The SMILES string of the molecule is O=[N+]([O-])c1ccc(Cl)c(O)c1[C@H](C(F)F)N1CCNCC1. The molecule has 0 amide bonds. The Morgan fingerprint density at radius 3 is 2.52 bits per heavy atom. The summed E-state index contributed by atoms with van der Waals surface area (Å²) in [5.74, 6) is -0.658. The maximum absolute atomic E-state index is 13.5. The molecule has 1 aliphatic rings. The standard InChI is InChI=1S/C12H14ClF2N3O3/c13-7-1-2-8(18(20)21)9(11(7)19)10(12(14)15)17-5-3-16-4-6-17/h1-2,10,12,16,19H,3-6H2/t10-/m1/s1. The van der Waals surface area contributed by atoms with Crippen LogP contribution in [-0.2, 0) is 0 Å². The summed E-state index contributed by atoms with van der Waals surface area (Å²) in [6, 6.07) is 0.597. The first kappa shape index (κ1) is 15.9. The topological polar surface area (TPSA) is 78.6 Å². The zero-order valence-corrected chi connectivity index (χ0v) is 11.7. The Morgan fingerprint density at radius 1 is 1.38 bits per heavy atom. The summed E-state index contributed by atoms with van der Waals surface area (Å²) in [5, 5.41) is 23.9. The minimum atomic E-state index is -2.88.